The number of nitrogens with zero attached hydrogens (tertiary/aromatic N) is 1. The number of halogens is 1. The summed E-state index contributed by atoms with van der Waals surface area (Å²) >= 11 is 0. The van der Waals surface area contributed by atoms with Gasteiger partial charge in [-0.3, -0.25) is 9.69 Å². The lowest BCUT2D eigenvalue weighted by atomic mass is 9.96. The molecule has 2 aromatic rings. The van der Waals surface area contributed by atoms with Gasteiger partial charge in [0, 0.05) is 24.3 Å². The summed E-state index contributed by atoms with van der Waals surface area (Å²) in [6, 6.07) is 15.0. The summed E-state index contributed by atoms with van der Waals surface area (Å²) in [6.07, 6.45) is 5.30. The van der Waals surface area contributed by atoms with Crippen LogP contribution in [0.5, 0.6) is 0 Å². The summed E-state index contributed by atoms with van der Waals surface area (Å²) in [5.74, 6) is -0.160. The zero-order chi connectivity index (χ0) is 19.1. The van der Waals surface area contributed by atoms with Gasteiger partial charge in [0.05, 0.1) is 5.92 Å². The first-order valence-electron chi connectivity index (χ1n) is 10.0. The van der Waals surface area contributed by atoms with Gasteiger partial charge in [0.15, 0.2) is 0 Å². The van der Waals surface area contributed by atoms with Crippen molar-refractivity contribution in [3.8, 4) is 0 Å². The molecule has 0 aromatic heterocycles. The fraction of sp³-hybridized carbons (Fsp3) is 0.435. The van der Waals surface area contributed by atoms with Gasteiger partial charge in [-0.25, -0.2) is 4.39 Å². The van der Waals surface area contributed by atoms with Gasteiger partial charge in [-0.15, -0.1) is 0 Å². The lowest BCUT2D eigenvalue weighted by Gasteiger charge is -2.32. The maximum atomic E-state index is 13.9. The molecule has 2 aromatic carbocycles. The Kier molecular flexibility index (Phi) is 6.99. The molecule has 0 radical (unpaired) electrons. The fourth-order valence-electron chi connectivity index (χ4n) is 3.66. The highest BCUT2D eigenvalue weighted by molar-refractivity contribution is 5.92. The van der Waals surface area contributed by atoms with E-state index >= 15 is 0 Å². The van der Waals surface area contributed by atoms with Gasteiger partial charge in [-0.2, -0.15) is 0 Å². The third kappa shape index (κ3) is 5.64. The van der Waals surface area contributed by atoms with Crippen LogP contribution in [0.15, 0.2) is 48.5 Å². The molecule has 4 heteroatoms. The number of carbonyl (C=O) groups is 1. The summed E-state index contributed by atoms with van der Waals surface area (Å²) in [7, 11) is 0. The average molecular weight is 368 g/mol. The van der Waals surface area contributed by atoms with E-state index in [1.165, 1.54) is 24.5 Å². The van der Waals surface area contributed by atoms with Crippen molar-refractivity contribution in [3.63, 3.8) is 0 Å². The van der Waals surface area contributed by atoms with Crippen LogP contribution in [0, 0.1) is 11.7 Å². The molecule has 0 saturated carbocycles. The second kappa shape index (κ2) is 9.65. The van der Waals surface area contributed by atoms with Crippen LogP contribution in [0.1, 0.15) is 43.7 Å². The molecule has 0 bridgehead atoms. The predicted molar refractivity (Wildman–Crippen MR) is 108 cm³/mol. The summed E-state index contributed by atoms with van der Waals surface area (Å²) < 4.78 is 13.9. The monoisotopic (exact) mass is 368 g/mol. The van der Waals surface area contributed by atoms with E-state index in [0.717, 1.165) is 31.5 Å². The van der Waals surface area contributed by atoms with Crippen molar-refractivity contribution in [2.75, 3.05) is 18.4 Å². The molecule has 1 amide bonds. The molecule has 144 valence electrons. The zero-order valence-electron chi connectivity index (χ0n) is 16.1. The molecule has 3 rings (SSSR count). The zero-order valence-corrected chi connectivity index (χ0v) is 16.1. The number of hydrogen-bond acceptors (Lipinski definition) is 2. The Morgan fingerprint density at radius 1 is 1.19 bits per heavy atom. The van der Waals surface area contributed by atoms with E-state index in [0.29, 0.717) is 18.7 Å². The second-order valence-corrected chi connectivity index (χ2v) is 7.46. The van der Waals surface area contributed by atoms with E-state index in [4.69, 9.17) is 0 Å². The highest BCUT2D eigenvalue weighted by atomic mass is 19.1. The van der Waals surface area contributed by atoms with Crippen molar-refractivity contribution in [2.24, 2.45) is 5.92 Å². The Hall–Kier alpha value is -2.20. The summed E-state index contributed by atoms with van der Waals surface area (Å²) in [6.45, 7) is 4.33. The molecule has 1 aliphatic heterocycles. The topological polar surface area (TPSA) is 32.3 Å². The van der Waals surface area contributed by atoms with E-state index < -0.39 is 0 Å². The molecule has 1 unspecified atom stereocenters. The molecule has 1 heterocycles. The third-order valence-corrected chi connectivity index (χ3v) is 5.27. The van der Waals surface area contributed by atoms with Gasteiger partial charge in [-0.1, -0.05) is 43.7 Å². The SMILES string of the molecule is CCCCc1ccc(NC(=O)C2CCCN(Cc3ccccc3F)C2)cc1. The van der Waals surface area contributed by atoms with Crippen LogP contribution in [0.2, 0.25) is 0 Å². The summed E-state index contributed by atoms with van der Waals surface area (Å²) in [5.41, 5.74) is 2.86. The minimum atomic E-state index is -0.174. The number of amides is 1. The normalized spacial score (nSPS) is 17.6. The van der Waals surface area contributed by atoms with Crippen molar-refractivity contribution >= 4 is 11.6 Å². The van der Waals surface area contributed by atoms with Crippen LogP contribution < -0.4 is 5.32 Å². The van der Waals surface area contributed by atoms with Crippen LogP contribution in [0.4, 0.5) is 10.1 Å². The standard InChI is InChI=1S/C23H29FN2O/c1-2-3-7-18-11-13-21(14-12-18)25-23(27)20-9-6-15-26(17-20)16-19-8-4-5-10-22(19)24/h4-5,8,10-14,20H,2-3,6-7,9,15-17H2,1H3,(H,25,27). The fourth-order valence-corrected chi connectivity index (χ4v) is 3.66. The first-order chi connectivity index (χ1) is 13.2. The molecule has 1 saturated heterocycles. The molecule has 1 N–H and O–H groups in total. The van der Waals surface area contributed by atoms with Gasteiger partial charge < -0.3 is 5.32 Å². The average Bonchev–Trinajstić information content (AvgIpc) is 2.69. The first kappa shape index (κ1) is 19.6. The first-order valence-corrected chi connectivity index (χ1v) is 10.0. The Bertz CT molecular complexity index is 744. The smallest absolute Gasteiger partial charge is 0.228 e. The molecule has 1 fully saturated rings. The van der Waals surface area contributed by atoms with Crippen LogP contribution in [-0.2, 0) is 17.8 Å². The van der Waals surface area contributed by atoms with Crippen molar-refractivity contribution in [1.82, 2.24) is 4.90 Å². The van der Waals surface area contributed by atoms with Gasteiger partial charge >= 0.3 is 0 Å². The molecule has 3 nitrogen and oxygen atoms in total. The lowest BCUT2D eigenvalue weighted by Crippen LogP contribution is -2.40. The molecule has 1 aliphatic rings. The number of likely N-dealkylation sites (tertiary alicyclic amines) is 1. The number of aryl methyl sites for hydroxylation is 1. The Balaban J connectivity index is 1.54. The Morgan fingerprint density at radius 2 is 1.96 bits per heavy atom. The number of unbranched alkanes of at least 4 members (excludes halogenated alkanes) is 1. The van der Waals surface area contributed by atoms with Gasteiger partial charge in [0.2, 0.25) is 5.91 Å². The van der Waals surface area contributed by atoms with Crippen molar-refractivity contribution in [1.29, 1.82) is 0 Å². The third-order valence-electron chi connectivity index (χ3n) is 5.27. The summed E-state index contributed by atoms with van der Waals surface area (Å²) in [5, 5.41) is 3.05. The van der Waals surface area contributed by atoms with E-state index in [9.17, 15) is 9.18 Å². The number of rotatable bonds is 7. The minimum absolute atomic E-state index is 0.0507. The largest absolute Gasteiger partial charge is 0.326 e. The number of carbonyl (C=O) groups excluding carboxylic acids is 1. The van der Waals surface area contributed by atoms with E-state index in [1.54, 1.807) is 6.07 Å². The Labute approximate surface area is 161 Å². The molecule has 0 aliphatic carbocycles. The predicted octanol–water partition coefficient (Wildman–Crippen LogP) is 5.02. The quantitative estimate of drug-likeness (QED) is 0.744. The minimum Gasteiger partial charge on any atom is -0.326 e. The molecular weight excluding hydrogens is 339 g/mol. The highest BCUT2D eigenvalue weighted by Crippen LogP contribution is 2.21. The second-order valence-electron chi connectivity index (χ2n) is 7.46. The number of hydrogen-bond donors (Lipinski definition) is 1. The number of nitrogens with one attached hydrogen (secondary N) is 1. The molecule has 0 spiro atoms. The molecular formula is C23H29FN2O. The maximum absolute atomic E-state index is 13.9. The van der Waals surface area contributed by atoms with Crippen molar-refractivity contribution in [3.05, 3.63) is 65.5 Å². The van der Waals surface area contributed by atoms with Gasteiger partial charge in [0.1, 0.15) is 5.82 Å². The van der Waals surface area contributed by atoms with E-state index in [-0.39, 0.29) is 17.6 Å². The van der Waals surface area contributed by atoms with Crippen LogP contribution in [0.3, 0.4) is 0 Å². The van der Waals surface area contributed by atoms with Crippen molar-refractivity contribution in [2.45, 2.75) is 45.6 Å². The van der Waals surface area contributed by atoms with E-state index in [1.807, 2.05) is 24.3 Å². The maximum Gasteiger partial charge on any atom is 0.228 e. The van der Waals surface area contributed by atoms with Gasteiger partial charge in [0.25, 0.3) is 0 Å². The van der Waals surface area contributed by atoms with E-state index in [2.05, 4.69) is 29.3 Å². The van der Waals surface area contributed by atoms with Crippen LogP contribution in [-0.4, -0.2) is 23.9 Å². The van der Waals surface area contributed by atoms with Crippen LogP contribution >= 0.6 is 0 Å². The number of benzene rings is 2. The highest BCUT2D eigenvalue weighted by Gasteiger charge is 2.26. The Morgan fingerprint density at radius 3 is 2.70 bits per heavy atom. The number of anilines is 1. The lowest BCUT2D eigenvalue weighted by molar-refractivity contribution is -0.121. The van der Waals surface area contributed by atoms with Crippen LogP contribution in [0.25, 0.3) is 0 Å². The molecule has 1 atom stereocenters. The van der Waals surface area contributed by atoms with Gasteiger partial charge in [-0.05, 0) is 56.0 Å². The molecule has 27 heavy (non-hydrogen) atoms. The van der Waals surface area contributed by atoms with Crippen molar-refractivity contribution < 1.29 is 9.18 Å². The summed E-state index contributed by atoms with van der Waals surface area (Å²) in [4.78, 5) is 14.9. The number of piperidine rings is 1.